The Bertz CT molecular complexity index is 11.5. The van der Waals surface area contributed by atoms with Crippen LogP contribution in [0.2, 0.25) is 0 Å². The number of rotatable bonds is 0. The van der Waals surface area contributed by atoms with Crippen LogP contribution in [0.5, 0.6) is 0 Å². The Kier molecular flexibility index (Phi) is 258. The van der Waals surface area contributed by atoms with E-state index in [0.717, 1.165) is 0 Å². The molecule has 0 fully saturated rings. The van der Waals surface area contributed by atoms with Crippen LogP contribution in [0.25, 0.3) is 0 Å². The predicted octanol–water partition coefficient (Wildman–Crippen LogP) is 0.147. The van der Waals surface area contributed by atoms with Gasteiger partial charge in [0, 0.05) is 17.1 Å². The van der Waals surface area contributed by atoms with Crippen molar-refractivity contribution < 1.29 is 29.3 Å². The van der Waals surface area contributed by atoms with E-state index in [2.05, 4.69) is 0 Å². The van der Waals surface area contributed by atoms with Gasteiger partial charge >= 0.3 is 37.7 Å². The zero-order valence-corrected chi connectivity index (χ0v) is 5.29. The molecule has 4 heavy (non-hydrogen) atoms. The van der Waals surface area contributed by atoms with E-state index in [1.54, 1.807) is 0 Å². The Labute approximate surface area is 66.5 Å². The van der Waals surface area contributed by atoms with Crippen molar-refractivity contribution in [2.24, 2.45) is 0 Å². The molecule has 27 valence electrons. The third kappa shape index (κ3) is 9.43. The molecule has 0 unspecified atom stereocenters. The largest absolute Gasteiger partial charge is 2.00 e. The molecule has 0 amide bonds. The van der Waals surface area contributed by atoms with Gasteiger partial charge in [0.15, 0.2) is 0 Å². The molecule has 4 heteroatoms. The molecule has 0 aromatic rings. The maximum atomic E-state index is 0. The SMILES string of the molecule is F.F.[Ca+2].[H-].[H-].[Mn]. The first-order valence-electron chi connectivity index (χ1n) is 0. The van der Waals surface area contributed by atoms with Crippen LogP contribution < -0.4 is 0 Å². The van der Waals surface area contributed by atoms with Crippen molar-refractivity contribution in [1.82, 2.24) is 0 Å². The van der Waals surface area contributed by atoms with Gasteiger partial charge in [-0.2, -0.15) is 0 Å². The minimum Gasteiger partial charge on any atom is -1.00 e. The molecule has 0 atom stereocenters. The monoisotopic (exact) mass is 137 g/mol. The molecule has 0 bridgehead atoms. The summed E-state index contributed by atoms with van der Waals surface area (Å²) in [5, 5.41) is 0. The van der Waals surface area contributed by atoms with Gasteiger partial charge in [-0.3, -0.25) is 9.41 Å². The molecule has 0 spiro atoms. The van der Waals surface area contributed by atoms with Crippen LogP contribution in [0.15, 0.2) is 0 Å². The Morgan fingerprint density at radius 1 is 1.00 bits per heavy atom. The van der Waals surface area contributed by atoms with E-state index in [0.29, 0.717) is 0 Å². The standard InChI is InChI=1S/Ca.2FH.Mn.2H/h;2*1H;;;/q+2;;;;2*-1. The zero-order chi connectivity index (χ0) is 0. The van der Waals surface area contributed by atoms with Crippen molar-refractivity contribution in [3.8, 4) is 0 Å². The Morgan fingerprint density at radius 2 is 1.00 bits per heavy atom. The maximum absolute atomic E-state index is 0. The zero-order valence-electron chi connectivity index (χ0n) is 3.90. The average molecular weight is 137 g/mol. The fraction of sp³-hybridized carbons (Fsp3) is 0. The normalized spacial score (nSPS) is 0. The molecular formula is H4CaF2Mn. The van der Waals surface area contributed by atoms with Crippen molar-refractivity contribution >= 4 is 37.7 Å². The van der Waals surface area contributed by atoms with Crippen LogP contribution in [-0.2, 0) is 17.1 Å². The van der Waals surface area contributed by atoms with E-state index in [1.807, 2.05) is 0 Å². The summed E-state index contributed by atoms with van der Waals surface area (Å²) >= 11 is 0. The smallest absolute Gasteiger partial charge is 1.00 e. The van der Waals surface area contributed by atoms with Crippen LogP contribution in [0.3, 0.4) is 0 Å². The van der Waals surface area contributed by atoms with Crippen LogP contribution in [0, 0.1) is 0 Å². The van der Waals surface area contributed by atoms with E-state index in [9.17, 15) is 0 Å². The van der Waals surface area contributed by atoms with Crippen LogP contribution >= 0.6 is 0 Å². The van der Waals surface area contributed by atoms with Gasteiger partial charge < -0.3 is 2.85 Å². The van der Waals surface area contributed by atoms with Crippen molar-refractivity contribution in [2.45, 2.75) is 0 Å². The molecule has 0 saturated heterocycles. The molecule has 0 aromatic carbocycles. The fourth-order valence-corrected chi connectivity index (χ4v) is 0. The Hall–Kier alpha value is 1.64. The van der Waals surface area contributed by atoms with E-state index in [4.69, 9.17) is 0 Å². The first-order valence-corrected chi connectivity index (χ1v) is 0. The topological polar surface area (TPSA) is 0 Å². The summed E-state index contributed by atoms with van der Waals surface area (Å²) in [5.74, 6) is 0. The summed E-state index contributed by atoms with van der Waals surface area (Å²) in [6.45, 7) is 0. The summed E-state index contributed by atoms with van der Waals surface area (Å²) in [6.07, 6.45) is 0. The van der Waals surface area contributed by atoms with Crippen molar-refractivity contribution in [1.29, 1.82) is 0 Å². The van der Waals surface area contributed by atoms with Gasteiger partial charge in [-0.05, 0) is 0 Å². The van der Waals surface area contributed by atoms with Gasteiger partial charge in [0.1, 0.15) is 0 Å². The second-order valence-corrected chi connectivity index (χ2v) is 0. The minimum absolute atomic E-state index is 0. The predicted molar refractivity (Wildman–Crippen MR) is 13.0 cm³/mol. The Balaban J connectivity index is 0. The molecule has 0 nitrogen and oxygen atoms in total. The van der Waals surface area contributed by atoms with Crippen molar-refractivity contribution in [3.05, 3.63) is 0 Å². The van der Waals surface area contributed by atoms with Crippen molar-refractivity contribution in [3.63, 3.8) is 0 Å². The quantitative estimate of drug-likeness (QED) is 0.417. The first kappa shape index (κ1) is 45.2. The van der Waals surface area contributed by atoms with E-state index >= 15 is 0 Å². The molecule has 1 radical (unpaired) electrons. The van der Waals surface area contributed by atoms with Gasteiger partial charge in [-0.15, -0.1) is 0 Å². The third-order valence-corrected chi connectivity index (χ3v) is 0. The van der Waals surface area contributed by atoms with Crippen LogP contribution in [-0.4, -0.2) is 37.7 Å². The first-order chi connectivity index (χ1) is 0. The molecule has 0 rings (SSSR count). The van der Waals surface area contributed by atoms with Gasteiger partial charge in [0.05, 0.1) is 0 Å². The molecule has 0 N–H and O–H groups in total. The van der Waals surface area contributed by atoms with Crippen LogP contribution in [0.4, 0.5) is 9.41 Å². The molecule has 0 heterocycles. The molecule has 0 aromatic heterocycles. The van der Waals surface area contributed by atoms with Gasteiger partial charge in [-0.25, -0.2) is 0 Å². The van der Waals surface area contributed by atoms with E-state index in [1.165, 1.54) is 0 Å². The average Bonchev–Trinajstić information content (AvgIpc) is 0. The maximum Gasteiger partial charge on any atom is 2.00 e. The molecule has 0 saturated carbocycles. The fourth-order valence-electron chi connectivity index (χ4n) is 0. The van der Waals surface area contributed by atoms with E-state index < -0.39 is 0 Å². The summed E-state index contributed by atoms with van der Waals surface area (Å²) in [5.41, 5.74) is 0. The molecule has 0 aliphatic carbocycles. The third-order valence-electron chi connectivity index (χ3n) is 0. The number of hydrogen-bond donors (Lipinski definition) is 0. The van der Waals surface area contributed by atoms with Gasteiger partial charge in [-0.1, -0.05) is 0 Å². The second-order valence-electron chi connectivity index (χ2n) is 0. The summed E-state index contributed by atoms with van der Waals surface area (Å²) < 4.78 is 0. The van der Waals surface area contributed by atoms with Crippen molar-refractivity contribution in [2.75, 3.05) is 0 Å². The molecular weight excluding hydrogens is 133 g/mol. The number of hydrogen-bond acceptors (Lipinski definition) is 0. The van der Waals surface area contributed by atoms with E-state index in [-0.39, 0.29) is 67.1 Å². The summed E-state index contributed by atoms with van der Waals surface area (Å²) in [6, 6.07) is 0. The summed E-state index contributed by atoms with van der Waals surface area (Å²) in [7, 11) is 0. The van der Waals surface area contributed by atoms with Crippen LogP contribution in [0.1, 0.15) is 2.85 Å². The van der Waals surface area contributed by atoms with Gasteiger partial charge in [0.2, 0.25) is 0 Å². The summed E-state index contributed by atoms with van der Waals surface area (Å²) in [4.78, 5) is 0. The Morgan fingerprint density at radius 3 is 1.00 bits per heavy atom. The van der Waals surface area contributed by atoms with Gasteiger partial charge in [0.25, 0.3) is 0 Å². The second kappa shape index (κ2) is 22.9. The molecule has 0 aliphatic heterocycles. The number of halogens is 2. The molecule has 0 aliphatic rings. The minimum atomic E-state index is 0.